The number of H-pyrrole nitrogens is 1. The fourth-order valence-corrected chi connectivity index (χ4v) is 3.44. The first-order valence-electron chi connectivity index (χ1n) is 9.40. The van der Waals surface area contributed by atoms with Crippen molar-refractivity contribution in [1.82, 2.24) is 10.2 Å². The number of carbonyl (C=O) groups is 1. The smallest absolute Gasteiger partial charge is 0.256 e. The lowest BCUT2D eigenvalue weighted by Gasteiger charge is -2.09. The lowest BCUT2D eigenvalue weighted by Crippen LogP contribution is -2.13. The van der Waals surface area contributed by atoms with Crippen LogP contribution >= 0.6 is 0 Å². The molecule has 0 unspecified atom stereocenters. The fourth-order valence-electron chi connectivity index (χ4n) is 3.44. The number of anilines is 1. The van der Waals surface area contributed by atoms with E-state index in [9.17, 15) is 9.90 Å². The SMILES string of the molecule is O=C(Nc1n[nH]c2c1CCCCCCCCCC2)c1ccc(O)cc1. The normalized spacial score (nSPS) is 16.3. The van der Waals surface area contributed by atoms with E-state index in [1.54, 1.807) is 12.1 Å². The Labute approximate surface area is 148 Å². The Bertz CT molecular complexity index is 691. The van der Waals surface area contributed by atoms with Crippen molar-refractivity contribution < 1.29 is 9.90 Å². The summed E-state index contributed by atoms with van der Waals surface area (Å²) in [6.07, 6.45) is 12.0. The molecule has 0 radical (unpaired) electrons. The quantitative estimate of drug-likeness (QED) is 0.748. The van der Waals surface area contributed by atoms with Crippen LogP contribution in [0.15, 0.2) is 24.3 Å². The zero-order chi connectivity index (χ0) is 17.5. The highest BCUT2D eigenvalue weighted by molar-refractivity contribution is 6.04. The van der Waals surface area contributed by atoms with Crippen molar-refractivity contribution in [2.24, 2.45) is 0 Å². The third kappa shape index (κ3) is 4.84. The molecule has 1 aliphatic rings. The number of phenolic OH excluding ortho intramolecular Hbond substituents is 1. The topological polar surface area (TPSA) is 78.0 Å². The second kappa shape index (κ2) is 8.70. The third-order valence-corrected chi connectivity index (χ3v) is 4.92. The summed E-state index contributed by atoms with van der Waals surface area (Å²) in [5, 5.41) is 19.8. The average Bonchev–Trinajstić information content (AvgIpc) is 2.97. The minimum absolute atomic E-state index is 0.153. The largest absolute Gasteiger partial charge is 0.508 e. The number of hydrogen-bond acceptors (Lipinski definition) is 3. The van der Waals surface area contributed by atoms with Crippen molar-refractivity contribution in [3.05, 3.63) is 41.1 Å². The molecule has 0 saturated carbocycles. The van der Waals surface area contributed by atoms with Crippen LogP contribution < -0.4 is 5.32 Å². The van der Waals surface area contributed by atoms with Gasteiger partial charge in [0, 0.05) is 16.8 Å². The van der Waals surface area contributed by atoms with Crippen LogP contribution in [-0.2, 0) is 12.8 Å². The van der Waals surface area contributed by atoms with Crippen LogP contribution in [-0.4, -0.2) is 21.2 Å². The first-order chi connectivity index (χ1) is 12.2. The van der Waals surface area contributed by atoms with Gasteiger partial charge in [-0.1, -0.05) is 38.5 Å². The van der Waals surface area contributed by atoms with Crippen LogP contribution in [0.3, 0.4) is 0 Å². The van der Waals surface area contributed by atoms with Gasteiger partial charge in [-0.05, 0) is 49.9 Å². The van der Waals surface area contributed by atoms with Gasteiger partial charge in [0.1, 0.15) is 5.75 Å². The van der Waals surface area contributed by atoms with Crippen molar-refractivity contribution >= 4 is 11.7 Å². The summed E-state index contributed by atoms with van der Waals surface area (Å²) in [5.74, 6) is 0.617. The van der Waals surface area contributed by atoms with Crippen LogP contribution in [0.5, 0.6) is 5.75 Å². The second-order valence-electron chi connectivity index (χ2n) is 6.86. The van der Waals surface area contributed by atoms with E-state index in [0.29, 0.717) is 11.4 Å². The van der Waals surface area contributed by atoms with Gasteiger partial charge in [-0.15, -0.1) is 0 Å². The Balaban J connectivity index is 1.73. The summed E-state index contributed by atoms with van der Waals surface area (Å²) in [5.41, 5.74) is 2.84. The van der Waals surface area contributed by atoms with Crippen LogP contribution in [0.4, 0.5) is 5.82 Å². The molecule has 3 N–H and O–H groups in total. The zero-order valence-corrected chi connectivity index (χ0v) is 14.7. The molecule has 0 fully saturated rings. The van der Waals surface area contributed by atoms with Crippen LogP contribution in [0, 0.1) is 0 Å². The maximum Gasteiger partial charge on any atom is 0.256 e. The molecular weight excluding hydrogens is 314 g/mol. The lowest BCUT2D eigenvalue weighted by atomic mass is 9.99. The van der Waals surface area contributed by atoms with Gasteiger partial charge >= 0.3 is 0 Å². The molecule has 3 rings (SSSR count). The summed E-state index contributed by atoms with van der Waals surface area (Å²) in [7, 11) is 0. The molecule has 25 heavy (non-hydrogen) atoms. The van der Waals surface area contributed by atoms with Crippen molar-refractivity contribution in [3.8, 4) is 5.75 Å². The molecule has 1 amide bonds. The number of nitrogens with one attached hydrogen (secondary N) is 2. The average molecular weight is 341 g/mol. The van der Waals surface area contributed by atoms with Gasteiger partial charge in [0.2, 0.25) is 0 Å². The number of rotatable bonds is 2. The Morgan fingerprint density at radius 3 is 2.20 bits per heavy atom. The number of aryl methyl sites for hydroxylation is 1. The highest BCUT2D eigenvalue weighted by Gasteiger charge is 2.16. The second-order valence-corrected chi connectivity index (χ2v) is 6.86. The van der Waals surface area contributed by atoms with Gasteiger partial charge in [-0.25, -0.2) is 0 Å². The van der Waals surface area contributed by atoms with Crippen molar-refractivity contribution in [3.63, 3.8) is 0 Å². The summed E-state index contributed by atoms with van der Waals surface area (Å²) in [4.78, 5) is 12.4. The van der Waals surface area contributed by atoms with E-state index in [-0.39, 0.29) is 11.7 Å². The number of aromatic amines is 1. The van der Waals surface area contributed by atoms with Gasteiger partial charge in [0.15, 0.2) is 5.82 Å². The molecule has 1 aliphatic carbocycles. The predicted octanol–water partition coefficient (Wildman–Crippen LogP) is 4.59. The maximum absolute atomic E-state index is 12.4. The predicted molar refractivity (Wildman–Crippen MR) is 99.0 cm³/mol. The van der Waals surface area contributed by atoms with Crippen molar-refractivity contribution in [1.29, 1.82) is 0 Å². The lowest BCUT2D eigenvalue weighted by molar-refractivity contribution is 0.102. The zero-order valence-electron chi connectivity index (χ0n) is 14.7. The molecule has 0 saturated heterocycles. The summed E-state index contributed by atoms with van der Waals surface area (Å²) < 4.78 is 0. The number of amides is 1. The molecule has 0 spiro atoms. The van der Waals surface area contributed by atoms with E-state index >= 15 is 0 Å². The molecule has 1 aromatic carbocycles. The highest BCUT2D eigenvalue weighted by atomic mass is 16.3. The van der Waals surface area contributed by atoms with Gasteiger partial charge in [-0.3, -0.25) is 9.89 Å². The number of nitrogens with zero attached hydrogens (tertiary/aromatic N) is 1. The van der Waals surface area contributed by atoms with Crippen LogP contribution in [0.25, 0.3) is 0 Å². The first kappa shape index (κ1) is 17.5. The van der Waals surface area contributed by atoms with E-state index in [0.717, 1.165) is 24.8 Å². The maximum atomic E-state index is 12.4. The molecule has 5 heteroatoms. The van der Waals surface area contributed by atoms with Crippen LogP contribution in [0.1, 0.15) is 73.0 Å². The molecular formula is C20H27N3O2. The van der Waals surface area contributed by atoms with Gasteiger partial charge < -0.3 is 10.4 Å². The van der Waals surface area contributed by atoms with Crippen molar-refractivity contribution in [2.75, 3.05) is 5.32 Å². The van der Waals surface area contributed by atoms with E-state index in [4.69, 9.17) is 0 Å². The van der Waals surface area contributed by atoms with Crippen LogP contribution in [0.2, 0.25) is 0 Å². The molecule has 1 heterocycles. The standard InChI is InChI=1S/C20H27N3O2/c24-16-13-11-15(12-14-16)20(25)21-19-17-9-7-5-3-1-2-4-6-8-10-18(17)22-23-19/h11-14,24H,1-10H2,(H2,21,22,23,25). The number of phenols is 1. The van der Waals surface area contributed by atoms with Gasteiger partial charge in [0.05, 0.1) is 0 Å². The molecule has 0 bridgehead atoms. The number of aromatic hydroxyl groups is 1. The number of aromatic nitrogens is 2. The molecule has 1 aromatic heterocycles. The number of fused-ring (bicyclic) bond motifs is 1. The highest BCUT2D eigenvalue weighted by Crippen LogP contribution is 2.24. The third-order valence-electron chi connectivity index (χ3n) is 4.92. The Morgan fingerprint density at radius 1 is 0.920 bits per heavy atom. The minimum Gasteiger partial charge on any atom is -0.508 e. The molecule has 0 aliphatic heterocycles. The van der Waals surface area contributed by atoms with Gasteiger partial charge in [-0.2, -0.15) is 5.10 Å². The number of carbonyl (C=O) groups excluding carboxylic acids is 1. The fraction of sp³-hybridized carbons (Fsp3) is 0.500. The van der Waals surface area contributed by atoms with Gasteiger partial charge in [0.25, 0.3) is 5.91 Å². The molecule has 2 aromatic rings. The Kier molecular flexibility index (Phi) is 6.09. The summed E-state index contributed by atoms with van der Waals surface area (Å²) >= 11 is 0. The number of hydrogen-bond donors (Lipinski definition) is 3. The van der Waals surface area contributed by atoms with Crippen molar-refractivity contribution in [2.45, 2.75) is 64.2 Å². The summed E-state index contributed by atoms with van der Waals surface area (Å²) in [6, 6.07) is 6.27. The van der Waals surface area contributed by atoms with E-state index < -0.39 is 0 Å². The number of benzene rings is 1. The van der Waals surface area contributed by atoms with E-state index in [2.05, 4.69) is 15.5 Å². The Morgan fingerprint density at radius 2 is 1.52 bits per heavy atom. The Hall–Kier alpha value is -2.30. The first-order valence-corrected chi connectivity index (χ1v) is 9.40. The molecule has 134 valence electrons. The van der Waals surface area contributed by atoms with E-state index in [1.165, 1.54) is 62.8 Å². The molecule has 0 atom stereocenters. The molecule has 5 nitrogen and oxygen atoms in total. The van der Waals surface area contributed by atoms with E-state index in [1.807, 2.05) is 0 Å². The summed E-state index contributed by atoms with van der Waals surface area (Å²) in [6.45, 7) is 0. The monoisotopic (exact) mass is 341 g/mol. The minimum atomic E-state index is -0.194.